The highest BCUT2D eigenvalue weighted by atomic mass is 32.1. The van der Waals surface area contributed by atoms with Gasteiger partial charge in [0.05, 0.1) is 6.61 Å². The van der Waals surface area contributed by atoms with Gasteiger partial charge in [0.2, 0.25) is 0 Å². The van der Waals surface area contributed by atoms with Gasteiger partial charge in [0.25, 0.3) is 0 Å². The lowest BCUT2D eigenvalue weighted by Crippen LogP contribution is -2.06. The molecule has 3 nitrogen and oxygen atoms in total. The zero-order valence-electron chi connectivity index (χ0n) is 8.91. The minimum atomic E-state index is -0.286. The zero-order valence-corrected chi connectivity index (χ0v) is 9.73. The minimum absolute atomic E-state index is 0.123. The van der Waals surface area contributed by atoms with E-state index in [0.717, 1.165) is 5.56 Å². The Morgan fingerprint density at radius 2 is 2.20 bits per heavy atom. The molecule has 0 radical (unpaired) electrons. The molecule has 1 aromatic rings. The average Bonchev–Trinajstić information content (AvgIpc) is 2.58. The second kappa shape index (κ2) is 5.66. The summed E-state index contributed by atoms with van der Waals surface area (Å²) in [6.45, 7) is 3.73. The Morgan fingerprint density at radius 1 is 1.47 bits per heavy atom. The Morgan fingerprint density at radius 3 is 2.73 bits per heavy atom. The SMILES string of the molecule is CC(=O)CCCOC(=O)c1sccc1C. The number of ether oxygens (including phenoxy) is 1. The molecule has 0 fully saturated rings. The summed E-state index contributed by atoms with van der Waals surface area (Å²) in [5.74, 6) is -0.163. The van der Waals surface area contributed by atoms with Crippen molar-refractivity contribution in [3.63, 3.8) is 0 Å². The molecule has 1 aromatic heterocycles. The number of esters is 1. The van der Waals surface area contributed by atoms with E-state index in [9.17, 15) is 9.59 Å². The maximum absolute atomic E-state index is 11.5. The van der Waals surface area contributed by atoms with Crippen molar-refractivity contribution in [3.05, 3.63) is 21.9 Å². The van der Waals surface area contributed by atoms with E-state index in [1.54, 1.807) is 0 Å². The first-order chi connectivity index (χ1) is 7.11. The van der Waals surface area contributed by atoms with E-state index in [1.165, 1.54) is 18.3 Å². The molecule has 0 saturated heterocycles. The van der Waals surface area contributed by atoms with Gasteiger partial charge in [-0.05, 0) is 37.3 Å². The number of thiophene rings is 1. The van der Waals surface area contributed by atoms with Crippen LogP contribution in [0.3, 0.4) is 0 Å². The predicted octanol–water partition coefficient (Wildman–Crippen LogP) is 2.58. The normalized spacial score (nSPS) is 10.0. The van der Waals surface area contributed by atoms with Crippen LogP contribution in [0.1, 0.15) is 35.0 Å². The molecule has 0 spiro atoms. The van der Waals surface area contributed by atoms with Crippen LogP contribution in [-0.2, 0) is 9.53 Å². The van der Waals surface area contributed by atoms with Gasteiger partial charge < -0.3 is 9.53 Å². The number of carbonyl (C=O) groups excluding carboxylic acids is 2. The van der Waals surface area contributed by atoms with E-state index >= 15 is 0 Å². The molecule has 1 rings (SSSR count). The van der Waals surface area contributed by atoms with Gasteiger partial charge in [-0.1, -0.05) is 0 Å². The molecule has 0 atom stereocenters. The van der Waals surface area contributed by atoms with Crippen LogP contribution in [-0.4, -0.2) is 18.4 Å². The van der Waals surface area contributed by atoms with E-state index in [-0.39, 0.29) is 11.8 Å². The number of rotatable bonds is 5. The van der Waals surface area contributed by atoms with E-state index in [1.807, 2.05) is 18.4 Å². The summed E-state index contributed by atoms with van der Waals surface area (Å²) < 4.78 is 5.04. The van der Waals surface area contributed by atoms with Crippen molar-refractivity contribution in [3.8, 4) is 0 Å². The highest BCUT2D eigenvalue weighted by molar-refractivity contribution is 7.12. The number of carbonyl (C=O) groups is 2. The smallest absolute Gasteiger partial charge is 0.348 e. The third kappa shape index (κ3) is 3.83. The van der Waals surface area contributed by atoms with Crippen LogP contribution >= 0.6 is 11.3 Å². The molecule has 4 heteroatoms. The van der Waals surface area contributed by atoms with E-state index < -0.39 is 0 Å². The zero-order chi connectivity index (χ0) is 11.3. The first-order valence-electron chi connectivity index (χ1n) is 4.82. The average molecular weight is 226 g/mol. The molecule has 0 N–H and O–H groups in total. The number of ketones is 1. The summed E-state index contributed by atoms with van der Waals surface area (Å²) in [6.07, 6.45) is 1.07. The molecule has 0 aromatic carbocycles. The Balaban J connectivity index is 2.31. The Kier molecular flexibility index (Phi) is 4.49. The molecule has 1 heterocycles. The number of Topliss-reactive ketones (excluding diaryl/α,β-unsaturated/α-hetero) is 1. The molecular weight excluding hydrogens is 212 g/mol. The van der Waals surface area contributed by atoms with Crippen molar-refractivity contribution >= 4 is 23.1 Å². The van der Waals surface area contributed by atoms with Gasteiger partial charge >= 0.3 is 5.97 Å². The maximum atomic E-state index is 11.5. The van der Waals surface area contributed by atoms with Crippen LogP contribution in [0, 0.1) is 6.92 Å². The Hall–Kier alpha value is -1.16. The van der Waals surface area contributed by atoms with Crippen LogP contribution in [0.15, 0.2) is 11.4 Å². The van der Waals surface area contributed by atoms with E-state index in [4.69, 9.17) is 4.74 Å². The minimum Gasteiger partial charge on any atom is -0.461 e. The lowest BCUT2D eigenvalue weighted by molar-refractivity contribution is -0.117. The second-order valence-electron chi connectivity index (χ2n) is 3.37. The molecule has 0 aliphatic heterocycles. The number of hydrogen-bond donors (Lipinski definition) is 0. The van der Waals surface area contributed by atoms with Gasteiger partial charge in [0.15, 0.2) is 0 Å². The molecule has 0 saturated carbocycles. The van der Waals surface area contributed by atoms with Crippen LogP contribution in [0.2, 0.25) is 0 Å². The van der Waals surface area contributed by atoms with Gasteiger partial charge in [-0.3, -0.25) is 0 Å². The number of hydrogen-bond acceptors (Lipinski definition) is 4. The largest absolute Gasteiger partial charge is 0.461 e. The third-order valence-corrected chi connectivity index (χ3v) is 2.95. The van der Waals surface area contributed by atoms with Gasteiger partial charge in [0.1, 0.15) is 10.7 Å². The fraction of sp³-hybridized carbons (Fsp3) is 0.455. The molecule has 15 heavy (non-hydrogen) atoms. The van der Waals surface area contributed by atoms with Crippen LogP contribution in [0.25, 0.3) is 0 Å². The van der Waals surface area contributed by atoms with Gasteiger partial charge in [-0.25, -0.2) is 4.79 Å². The van der Waals surface area contributed by atoms with Crippen molar-refractivity contribution in [1.29, 1.82) is 0 Å². The van der Waals surface area contributed by atoms with E-state index in [2.05, 4.69) is 0 Å². The van der Waals surface area contributed by atoms with Crippen molar-refractivity contribution in [1.82, 2.24) is 0 Å². The van der Waals surface area contributed by atoms with Crippen molar-refractivity contribution in [2.45, 2.75) is 26.7 Å². The summed E-state index contributed by atoms with van der Waals surface area (Å²) >= 11 is 1.38. The van der Waals surface area contributed by atoms with Gasteiger partial charge in [0, 0.05) is 6.42 Å². The molecule has 0 aliphatic carbocycles. The van der Waals surface area contributed by atoms with Crippen LogP contribution in [0.4, 0.5) is 0 Å². The highest BCUT2D eigenvalue weighted by Crippen LogP contribution is 2.16. The summed E-state index contributed by atoms with van der Waals surface area (Å²) in [4.78, 5) is 22.8. The predicted molar refractivity (Wildman–Crippen MR) is 59.3 cm³/mol. The lowest BCUT2D eigenvalue weighted by atomic mass is 10.2. The van der Waals surface area contributed by atoms with E-state index in [0.29, 0.717) is 24.3 Å². The molecule has 0 amide bonds. The van der Waals surface area contributed by atoms with Crippen molar-refractivity contribution in [2.75, 3.05) is 6.61 Å². The molecule has 0 bridgehead atoms. The maximum Gasteiger partial charge on any atom is 0.348 e. The second-order valence-corrected chi connectivity index (χ2v) is 4.29. The quantitative estimate of drug-likeness (QED) is 0.572. The summed E-state index contributed by atoms with van der Waals surface area (Å²) in [6, 6.07) is 1.89. The number of aryl methyl sites for hydroxylation is 1. The van der Waals surface area contributed by atoms with Crippen LogP contribution < -0.4 is 0 Å². The topological polar surface area (TPSA) is 43.4 Å². The van der Waals surface area contributed by atoms with Crippen LogP contribution in [0.5, 0.6) is 0 Å². The molecular formula is C11H14O3S. The summed E-state index contributed by atoms with van der Waals surface area (Å²) in [5, 5.41) is 1.86. The van der Waals surface area contributed by atoms with Gasteiger partial charge in [-0.2, -0.15) is 0 Å². The first kappa shape index (κ1) is 11.9. The molecule has 82 valence electrons. The Labute approximate surface area is 93.1 Å². The first-order valence-corrected chi connectivity index (χ1v) is 5.70. The standard InChI is InChI=1S/C11H14O3S/c1-8-5-7-15-10(8)11(13)14-6-3-4-9(2)12/h5,7H,3-4,6H2,1-2H3. The van der Waals surface area contributed by atoms with Crippen molar-refractivity contribution in [2.24, 2.45) is 0 Å². The van der Waals surface area contributed by atoms with Gasteiger partial charge in [-0.15, -0.1) is 11.3 Å². The monoisotopic (exact) mass is 226 g/mol. The third-order valence-electron chi connectivity index (χ3n) is 1.95. The summed E-state index contributed by atoms with van der Waals surface area (Å²) in [7, 11) is 0. The lowest BCUT2D eigenvalue weighted by Gasteiger charge is -2.02. The fourth-order valence-electron chi connectivity index (χ4n) is 1.13. The molecule has 0 aliphatic rings. The Bertz CT molecular complexity index is 354. The molecule has 0 unspecified atom stereocenters. The summed E-state index contributed by atoms with van der Waals surface area (Å²) in [5.41, 5.74) is 0.941. The highest BCUT2D eigenvalue weighted by Gasteiger charge is 2.11. The fourth-order valence-corrected chi connectivity index (χ4v) is 1.95. The van der Waals surface area contributed by atoms with Crippen molar-refractivity contribution < 1.29 is 14.3 Å².